The molecule has 100 valence electrons. The lowest BCUT2D eigenvalue weighted by Gasteiger charge is -2.23. The van der Waals surface area contributed by atoms with Gasteiger partial charge in [-0.3, -0.25) is 4.98 Å². The second kappa shape index (κ2) is 5.64. The molecule has 1 aromatic carbocycles. The van der Waals surface area contributed by atoms with Gasteiger partial charge in [-0.1, -0.05) is 11.6 Å². The first-order valence-electron chi connectivity index (χ1n) is 5.25. The number of sulfonamides is 1. The molecule has 0 aliphatic carbocycles. The van der Waals surface area contributed by atoms with Crippen molar-refractivity contribution < 1.29 is 8.42 Å². The number of aromatic nitrogens is 1. The van der Waals surface area contributed by atoms with Crippen molar-refractivity contribution in [2.45, 2.75) is 0 Å². The summed E-state index contributed by atoms with van der Waals surface area (Å²) in [4.78, 5) is 3.89. The minimum absolute atomic E-state index is 0.377. The normalized spacial score (nSPS) is 11.3. The van der Waals surface area contributed by atoms with Gasteiger partial charge >= 0.3 is 0 Å². The number of hydrogen-bond donors (Lipinski definition) is 0. The maximum atomic E-state index is 12.0. The first-order valence-corrected chi connectivity index (χ1v) is 8.55. The van der Waals surface area contributed by atoms with E-state index in [9.17, 15) is 8.42 Å². The van der Waals surface area contributed by atoms with E-state index in [2.05, 4.69) is 27.6 Å². The standard InChI is InChI=1S/C12H10ClIN2O2S/c1-19(17,18)16(10-4-6-15-7-5-10)12-8-9(14)2-3-11(12)13/h2-8H,1H3. The van der Waals surface area contributed by atoms with Crippen molar-refractivity contribution in [3.05, 3.63) is 51.3 Å². The highest BCUT2D eigenvalue weighted by Crippen LogP contribution is 2.34. The summed E-state index contributed by atoms with van der Waals surface area (Å²) < 4.78 is 26.2. The van der Waals surface area contributed by atoms with Crippen molar-refractivity contribution >= 4 is 55.6 Å². The second-order valence-electron chi connectivity index (χ2n) is 3.83. The third kappa shape index (κ3) is 3.37. The maximum Gasteiger partial charge on any atom is 0.236 e. The van der Waals surface area contributed by atoms with Crippen molar-refractivity contribution in [3.63, 3.8) is 0 Å². The molecule has 19 heavy (non-hydrogen) atoms. The van der Waals surface area contributed by atoms with Gasteiger partial charge in [0, 0.05) is 16.0 Å². The van der Waals surface area contributed by atoms with Crippen LogP contribution in [-0.4, -0.2) is 19.7 Å². The second-order valence-corrected chi connectivity index (χ2v) is 7.31. The van der Waals surface area contributed by atoms with Crippen LogP contribution in [0.4, 0.5) is 11.4 Å². The maximum absolute atomic E-state index is 12.0. The van der Waals surface area contributed by atoms with E-state index in [-0.39, 0.29) is 0 Å². The van der Waals surface area contributed by atoms with Gasteiger partial charge in [0.2, 0.25) is 10.0 Å². The van der Waals surface area contributed by atoms with E-state index in [4.69, 9.17) is 11.6 Å². The zero-order valence-electron chi connectivity index (χ0n) is 9.92. The molecule has 0 saturated carbocycles. The molecule has 0 fully saturated rings. The molecule has 0 saturated heterocycles. The van der Waals surface area contributed by atoms with Crippen LogP contribution in [0.15, 0.2) is 42.7 Å². The molecular weight excluding hydrogens is 399 g/mol. The molecule has 0 amide bonds. The van der Waals surface area contributed by atoms with Gasteiger partial charge in [-0.05, 0) is 52.9 Å². The Balaban J connectivity index is 2.67. The van der Waals surface area contributed by atoms with Crippen LogP contribution in [0.5, 0.6) is 0 Å². The Morgan fingerprint density at radius 2 is 1.84 bits per heavy atom. The fraction of sp³-hybridized carbons (Fsp3) is 0.0833. The molecule has 1 aromatic heterocycles. The Morgan fingerprint density at radius 3 is 2.42 bits per heavy atom. The van der Waals surface area contributed by atoms with Crippen LogP contribution in [0.1, 0.15) is 0 Å². The van der Waals surface area contributed by atoms with Crippen molar-refractivity contribution in [3.8, 4) is 0 Å². The highest BCUT2D eigenvalue weighted by molar-refractivity contribution is 14.1. The van der Waals surface area contributed by atoms with Gasteiger partial charge in [-0.25, -0.2) is 12.7 Å². The predicted octanol–water partition coefficient (Wildman–Crippen LogP) is 3.44. The molecule has 0 bridgehead atoms. The van der Waals surface area contributed by atoms with Crippen LogP contribution in [0.3, 0.4) is 0 Å². The van der Waals surface area contributed by atoms with Gasteiger partial charge in [0.1, 0.15) is 0 Å². The number of hydrogen-bond acceptors (Lipinski definition) is 3. The summed E-state index contributed by atoms with van der Waals surface area (Å²) in [7, 11) is -3.49. The topological polar surface area (TPSA) is 50.3 Å². The first kappa shape index (κ1) is 14.5. The number of nitrogens with zero attached hydrogens (tertiary/aromatic N) is 2. The summed E-state index contributed by atoms with van der Waals surface area (Å²) in [6, 6.07) is 8.47. The molecule has 2 aromatic rings. The Labute approximate surface area is 130 Å². The molecule has 0 atom stereocenters. The fourth-order valence-electron chi connectivity index (χ4n) is 1.63. The van der Waals surface area contributed by atoms with Gasteiger partial charge in [-0.2, -0.15) is 0 Å². The predicted molar refractivity (Wildman–Crippen MR) is 85.4 cm³/mol. The van der Waals surface area contributed by atoms with Crippen molar-refractivity contribution in [2.24, 2.45) is 0 Å². The first-order chi connectivity index (χ1) is 8.89. The lowest BCUT2D eigenvalue weighted by atomic mass is 10.3. The SMILES string of the molecule is CS(=O)(=O)N(c1ccncc1)c1cc(I)ccc1Cl. The van der Waals surface area contributed by atoms with Gasteiger partial charge in [0.05, 0.1) is 22.7 Å². The number of benzene rings is 1. The van der Waals surface area contributed by atoms with E-state index in [1.807, 2.05) is 6.07 Å². The zero-order chi connectivity index (χ0) is 14.0. The Hall–Kier alpha value is -0.860. The molecule has 0 aliphatic rings. The molecule has 2 rings (SSSR count). The number of anilines is 2. The molecule has 0 N–H and O–H groups in total. The van der Waals surface area contributed by atoms with Gasteiger partial charge in [-0.15, -0.1) is 0 Å². The zero-order valence-corrected chi connectivity index (χ0v) is 13.6. The lowest BCUT2D eigenvalue weighted by molar-refractivity contribution is 0.602. The highest BCUT2D eigenvalue weighted by Gasteiger charge is 2.22. The van der Waals surface area contributed by atoms with Crippen LogP contribution in [0, 0.1) is 3.57 Å². The van der Waals surface area contributed by atoms with Crippen LogP contribution >= 0.6 is 34.2 Å². The van der Waals surface area contributed by atoms with E-state index in [1.54, 1.807) is 24.3 Å². The summed E-state index contributed by atoms with van der Waals surface area (Å²) >= 11 is 8.23. The van der Waals surface area contributed by atoms with Crippen LogP contribution in [0.25, 0.3) is 0 Å². The largest absolute Gasteiger partial charge is 0.265 e. The minimum Gasteiger partial charge on any atom is -0.265 e. The number of pyridine rings is 1. The van der Waals surface area contributed by atoms with Crippen LogP contribution < -0.4 is 4.31 Å². The molecule has 0 aliphatic heterocycles. The summed E-state index contributed by atoms with van der Waals surface area (Å²) in [5.74, 6) is 0. The van der Waals surface area contributed by atoms with E-state index < -0.39 is 10.0 Å². The van der Waals surface area contributed by atoms with Gasteiger partial charge in [0.25, 0.3) is 0 Å². The molecule has 7 heteroatoms. The molecule has 0 unspecified atom stereocenters. The summed E-state index contributed by atoms with van der Waals surface area (Å²) in [5, 5.41) is 0.377. The summed E-state index contributed by atoms with van der Waals surface area (Å²) in [6.07, 6.45) is 4.22. The molecule has 4 nitrogen and oxygen atoms in total. The van der Waals surface area contributed by atoms with E-state index in [0.717, 1.165) is 9.83 Å². The number of rotatable bonds is 3. The van der Waals surface area contributed by atoms with Crippen molar-refractivity contribution in [1.82, 2.24) is 4.98 Å². The Kier molecular flexibility index (Phi) is 4.32. The lowest BCUT2D eigenvalue weighted by Crippen LogP contribution is -2.25. The summed E-state index contributed by atoms with van der Waals surface area (Å²) in [5.41, 5.74) is 0.934. The minimum atomic E-state index is -3.49. The Morgan fingerprint density at radius 1 is 1.21 bits per heavy atom. The highest BCUT2D eigenvalue weighted by atomic mass is 127. The van der Waals surface area contributed by atoms with E-state index >= 15 is 0 Å². The third-order valence-corrected chi connectivity index (χ3v) is 4.42. The smallest absolute Gasteiger partial charge is 0.236 e. The quantitative estimate of drug-likeness (QED) is 0.731. The third-order valence-electron chi connectivity index (χ3n) is 2.36. The average molecular weight is 409 g/mol. The van der Waals surface area contributed by atoms with E-state index in [0.29, 0.717) is 16.4 Å². The molecule has 1 heterocycles. The number of halogens is 2. The molecule has 0 radical (unpaired) electrons. The van der Waals surface area contributed by atoms with Gasteiger partial charge in [0.15, 0.2) is 0 Å². The fourth-order valence-corrected chi connectivity index (χ4v) is 3.37. The van der Waals surface area contributed by atoms with Crippen molar-refractivity contribution in [2.75, 3.05) is 10.6 Å². The van der Waals surface area contributed by atoms with Gasteiger partial charge < -0.3 is 0 Å². The van der Waals surface area contributed by atoms with E-state index in [1.165, 1.54) is 16.7 Å². The average Bonchev–Trinajstić information content (AvgIpc) is 2.33. The Bertz CT molecular complexity index is 692. The monoisotopic (exact) mass is 408 g/mol. The molecular formula is C12H10ClIN2O2S. The summed E-state index contributed by atoms with van der Waals surface area (Å²) in [6.45, 7) is 0. The van der Waals surface area contributed by atoms with Crippen molar-refractivity contribution in [1.29, 1.82) is 0 Å². The molecule has 0 spiro atoms. The van der Waals surface area contributed by atoms with Crippen LogP contribution in [-0.2, 0) is 10.0 Å². The van der Waals surface area contributed by atoms with Crippen LogP contribution in [0.2, 0.25) is 5.02 Å².